The standard InChI is InChI=1S/C13H13N5/c1-9-3-2-4-10(5-9)8-18-12-11(7-16-18)6-15-13(14)17-12/h2-7H,8H2,1H3,(H2,14,15,17). The summed E-state index contributed by atoms with van der Waals surface area (Å²) >= 11 is 0. The van der Waals surface area contributed by atoms with Crippen LogP contribution in [0, 0.1) is 6.92 Å². The second-order valence-electron chi connectivity index (χ2n) is 4.30. The smallest absolute Gasteiger partial charge is 0.222 e. The normalized spacial score (nSPS) is 10.9. The fourth-order valence-corrected chi connectivity index (χ4v) is 1.98. The Morgan fingerprint density at radius 3 is 3.00 bits per heavy atom. The minimum absolute atomic E-state index is 0.272. The SMILES string of the molecule is Cc1cccc(Cn2ncc3cnc(N)nc32)c1. The molecule has 0 aliphatic rings. The molecule has 0 atom stereocenters. The third kappa shape index (κ3) is 1.90. The monoisotopic (exact) mass is 239 g/mol. The largest absolute Gasteiger partial charge is 0.368 e. The Bertz CT molecular complexity index is 701. The van der Waals surface area contributed by atoms with Crippen molar-refractivity contribution in [2.75, 3.05) is 5.73 Å². The van der Waals surface area contributed by atoms with E-state index in [4.69, 9.17) is 5.73 Å². The van der Waals surface area contributed by atoms with Gasteiger partial charge in [-0.3, -0.25) is 0 Å². The number of fused-ring (bicyclic) bond motifs is 1. The van der Waals surface area contributed by atoms with Crippen molar-refractivity contribution in [1.29, 1.82) is 0 Å². The molecule has 2 aromatic heterocycles. The van der Waals surface area contributed by atoms with Crippen LogP contribution in [0.2, 0.25) is 0 Å². The molecule has 0 bridgehead atoms. The molecular formula is C13H13N5. The minimum Gasteiger partial charge on any atom is -0.368 e. The number of rotatable bonds is 2. The maximum Gasteiger partial charge on any atom is 0.222 e. The second-order valence-corrected chi connectivity index (χ2v) is 4.30. The van der Waals surface area contributed by atoms with Crippen LogP contribution in [-0.2, 0) is 6.54 Å². The van der Waals surface area contributed by atoms with Crippen molar-refractivity contribution < 1.29 is 0 Å². The molecule has 5 nitrogen and oxygen atoms in total. The third-order valence-corrected chi connectivity index (χ3v) is 2.81. The van der Waals surface area contributed by atoms with Crippen molar-refractivity contribution >= 4 is 17.0 Å². The maximum absolute atomic E-state index is 5.61. The van der Waals surface area contributed by atoms with E-state index in [1.54, 1.807) is 12.4 Å². The first-order chi connectivity index (χ1) is 8.72. The predicted molar refractivity (Wildman–Crippen MR) is 70.0 cm³/mol. The molecule has 2 N–H and O–H groups in total. The highest BCUT2D eigenvalue weighted by Crippen LogP contribution is 2.13. The number of nitrogens with two attached hydrogens (primary N) is 1. The number of hydrogen-bond donors (Lipinski definition) is 1. The summed E-state index contributed by atoms with van der Waals surface area (Å²) < 4.78 is 1.84. The Labute approximate surface area is 104 Å². The molecule has 0 saturated heterocycles. The summed E-state index contributed by atoms with van der Waals surface area (Å²) in [5.41, 5.74) is 8.80. The van der Waals surface area contributed by atoms with Gasteiger partial charge in [-0.1, -0.05) is 29.8 Å². The number of aromatic nitrogens is 4. The summed E-state index contributed by atoms with van der Waals surface area (Å²) in [5.74, 6) is 0.272. The molecule has 0 aliphatic carbocycles. The van der Waals surface area contributed by atoms with Crippen LogP contribution in [0.5, 0.6) is 0 Å². The number of hydrogen-bond acceptors (Lipinski definition) is 4. The Morgan fingerprint density at radius 2 is 2.17 bits per heavy atom. The number of anilines is 1. The molecule has 5 heteroatoms. The van der Waals surface area contributed by atoms with Gasteiger partial charge >= 0.3 is 0 Å². The highest BCUT2D eigenvalue weighted by atomic mass is 15.3. The van der Waals surface area contributed by atoms with Crippen LogP contribution in [0.3, 0.4) is 0 Å². The van der Waals surface area contributed by atoms with Gasteiger partial charge < -0.3 is 5.73 Å². The Kier molecular flexibility index (Phi) is 2.44. The first kappa shape index (κ1) is 10.7. The van der Waals surface area contributed by atoms with E-state index in [1.807, 2.05) is 10.7 Å². The summed E-state index contributed by atoms with van der Waals surface area (Å²) in [5, 5.41) is 5.22. The average molecular weight is 239 g/mol. The Balaban J connectivity index is 2.02. The quantitative estimate of drug-likeness (QED) is 0.739. The lowest BCUT2D eigenvalue weighted by atomic mass is 10.1. The molecule has 2 heterocycles. The van der Waals surface area contributed by atoms with Crippen LogP contribution in [-0.4, -0.2) is 19.7 Å². The van der Waals surface area contributed by atoms with Crippen molar-refractivity contribution in [3.05, 3.63) is 47.8 Å². The maximum atomic E-state index is 5.61. The van der Waals surface area contributed by atoms with Crippen LogP contribution >= 0.6 is 0 Å². The van der Waals surface area contributed by atoms with Crippen LogP contribution in [0.25, 0.3) is 11.0 Å². The summed E-state index contributed by atoms with van der Waals surface area (Å²) in [7, 11) is 0. The predicted octanol–water partition coefficient (Wildman–Crippen LogP) is 1.77. The van der Waals surface area contributed by atoms with Crippen LogP contribution in [0.4, 0.5) is 5.95 Å². The molecule has 0 amide bonds. The molecule has 0 unspecified atom stereocenters. The Hall–Kier alpha value is -2.43. The molecule has 0 saturated carbocycles. The van der Waals surface area contributed by atoms with E-state index < -0.39 is 0 Å². The number of benzene rings is 1. The van der Waals surface area contributed by atoms with Gasteiger partial charge in [0.25, 0.3) is 0 Å². The number of nitrogens with zero attached hydrogens (tertiary/aromatic N) is 4. The van der Waals surface area contributed by atoms with E-state index >= 15 is 0 Å². The summed E-state index contributed by atoms with van der Waals surface area (Å²) in [6, 6.07) is 8.33. The zero-order valence-corrected chi connectivity index (χ0v) is 10.0. The van der Waals surface area contributed by atoms with Crippen molar-refractivity contribution in [2.24, 2.45) is 0 Å². The molecular weight excluding hydrogens is 226 g/mol. The van der Waals surface area contributed by atoms with Crippen molar-refractivity contribution in [3.8, 4) is 0 Å². The third-order valence-electron chi connectivity index (χ3n) is 2.81. The van der Waals surface area contributed by atoms with Crippen LogP contribution in [0.1, 0.15) is 11.1 Å². The minimum atomic E-state index is 0.272. The fourth-order valence-electron chi connectivity index (χ4n) is 1.98. The molecule has 3 aromatic rings. The highest BCUT2D eigenvalue weighted by Gasteiger charge is 2.06. The van der Waals surface area contributed by atoms with Gasteiger partial charge in [-0.2, -0.15) is 10.1 Å². The summed E-state index contributed by atoms with van der Waals surface area (Å²) in [4.78, 5) is 8.18. The van der Waals surface area contributed by atoms with Crippen LogP contribution < -0.4 is 5.73 Å². The topological polar surface area (TPSA) is 69.6 Å². The van der Waals surface area contributed by atoms with Gasteiger partial charge in [-0.05, 0) is 12.5 Å². The zero-order valence-electron chi connectivity index (χ0n) is 10.0. The van der Waals surface area contributed by atoms with Gasteiger partial charge in [0.1, 0.15) is 0 Å². The average Bonchev–Trinajstić information content (AvgIpc) is 2.72. The van der Waals surface area contributed by atoms with E-state index in [0.717, 1.165) is 11.0 Å². The van der Waals surface area contributed by atoms with Gasteiger partial charge in [0.2, 0.25) is 5.95 Å². The van der Waals surface area contributed by atoms with Gasteiger partial charge in [0.15, 0.2) is 5.65 Å². The van der Waals surface area contributed by atoms with Gasteiger partial charge in [0.05, 0.1) is 18.1 Å². The van der Waals surface area contributed by atoms with Crippen molar-refractivity contribution in [1.82, 2.24) is 19.7 Å². The molecule has 0 radical (unpaired) electrons. The molecule has 18 heavy (non-hydrogen) atoms. The highest BCUT2D eigenvalue weighted by molar-refractivity contribution is 5.74. The second kappa shape index (κ2) is 4.10. The Morgan fingerprint density at radius 1 is 1.28 bits per heavy atom. The number of aryl methyl sites for hydroxylation is 1. The molecule has 1 aromatic carbocycles. The number of nitrogen functional groups attached to an aromatic ring is 1. The summed E-state index contributed by atoms with van der Waals surface area (Å²) in [6.45, 7) is 2.76. The van der Waals surface area contributed by atoms with E-state index in [1.165, 1.54) is 11.1 Å². The lowest BCUT2D eigenvalue weighted by molar-refractivity contribution is 0.704. The first-order valence-electron chi connectivity index (χ1n) is 5.72. The fraction of sp³-hybridized carbons (Fsp3) is 0.154. The van der Waals surface area contributed by atoms with E-state index in [9.17, 15) is 0 Å². The molecule has 0 spiro atoms. The van der Waals surface area contributed by atoms with Crippen molar-refractivity contribution in [2.45, 2.75) is 13.5 Å². The van der Waals surface area contributed by atoms with E-state index in [2.05, 4.69) is 40.2 Å². The van der Waals surface area contributed by atoms with E-state index in [-0.39, 0.29) is 5.95 Å². The lowest BCUT2D eigenvalue weighted by Gasteiger charge is -2.04. The molecule has 0 aliphatic heterocycles. The molecule has 90 valence electrons. The van der Waals surface area contributed by atoms with Crippen molar-refractivity contribution in [3.63, 3.8) is 0 Å². The molecule has 3 rings (SSSR count). The van der Waals surface area contributed by atoms with E-state index in [0.29, 0.717) is 6.54 Å². The zero-order chi connectivity index (χ0) is 12.5. The van der Waals surface area contributed by atoms with Crippen LogP contribution in [0.15, 0.2) is 36.7 Å². The lowest BCUT2D eigenvalue weighted by Crippen LogP contribution is -2.04. The van der Waals surface area contributed by atoms with Gasteiger partial charge in [-0.15, -0.1) is 0 Å². The molecule has 0 fully saturated rings. The first-order valence-corrected chi connectivity index (χ1v) is 5.72. The van der Waals surface area contributed by atoms with Gasteiger partial charge in [-0.25, -0.2) is 9.67 Å². The summed E-state index contributed by atoms with van der Waals surface area (Å²) in [6.07, 6.45) is 3.45. The van der Waals surface area contributed by atoms with Gasteiger partial charge in [0, 0.05) is 6.20 Å².